The third-order valence-electron chi connectivity index (χ3n) is 3.48. The van der Waals surface area contributed by atoms with E-state index in [4.69, 9.17) is 5.73 Å². The van der Waals surface area contributed by atoms with Crippen molar-refractivity contribution in [2.45, 2.75) is 39.2 Å². The van der Waals surface area contributed by atoms with Crippen LogP contribution in [-0.4, -0.2) is 6.04 Å². The summed E-state index contributed by atoms with van der Waals surface area (Å²) >= 11 is 0. The Labute approximate surface area is 91.9 Å². The summed E-state index contributed by atoms with van der Waals surface area (Å²) < 4.78 is 0. The van der Waals surface area contributed by atoms with E-state index in [2.05, 4.69) is 25.2 Å². The van der Waals surface area contributed by atoms with Crippen molar-refractivity contribution in [3.63, 3.8) is 0 Å². The van der Waals surface area contributed by atoms with Gasteiger partial charge in [0.2, 0.25) is 0 Å². The second-order valence-electron chi connectivity index (χ2n) is 5.20. The normalized spacial score (nSPS) is 24.0. The molecule has 1 aromatic rings. The van der Waals surface area contributed by atoms with Crippen molar-refractivity contribution in [1.29, 1.82) is 0 Å². The SMILES string of the molecule is CC1(C)CCCC1Nc1cccc(N)c1. The Kier molecular flexibility index (Phi) is 2.59. The number of benzene rings is 1. The smallest absolute Gasteiger partial charge is 0.0363 e. The number of anilines is 2. The molecule has 0 aromatic heterocycles. The van der Waals surface area contributed by atoms with Crippen LogP contribution in [0.25, 0.3) is 0 Å². The maximum atomic E-state index is 5.76. The molecule has 0 bridgehead atoms. The van der Waals surface area contributed by atoms with Gasteiger partial charge in [-0.25, -0.2) is 0 Å². The molecule has 2 rings (SSSR count). The minimum atomic E-state index is 0.407. The molecule has 2 nitrogen and oxygen atoms in total. The van der Waals surface area contributed by atoms with E-state index in [1.54, 1.807) is 0 Å². The van der Waals surface area contributed by atoms with Crippen LogP contribution >= 0.6 is 0 Å². The Morgan fingerprint density at radius 1 is 1.40 bits per heavy atom. The molecule has 1 aliphatic rings. The van der Waals surface area contributed by atoms with E-state index in [1.807, 2.05) is 18.2 Å². The number of hydrogen-bond donors (Lipinski definition) is 2. The molecule has 82 valence electrons. The maximum Gasteiger partial charge on any atom is 0.0363 e. The minimum absolute atomic E-state index is 0.407. The fraction of sp³-hybridized carbons (Fsp3) is 0.538. The second kappa shape index (κ2) is 3.76. The molecule has 0 saturated heterocycles. The van der Waals surface area contributed by atoms with Crippen LogP contribution < -0.4 is 11.1 Å². The van der Waals surface area contributed by atoms with Crippen LogP contribution in [-0.2, 0) is 0 Å². The number of nitrogens with two attached hydrogens (primary N) is 1. The van der Waals surface area contributed by atoms with Gasteiger partial charge in [-0.05, 0) is 36.5 Å². The van der Waals surface area contributed by atoms with Crippen molar-refractivity contribution in [1.82, 2.24) is 0 Å². The van der Waals surface area contributed by atoms with E-state index in [-0.39, 0.29) is 0 Å². The van der Waals surface area contributed by atoms with Crippen LogP contribution in [0, 0.1) is 5.41 Å². The number of hydrogen-bond acceptors (Lipinski definition) is 2. The standard InChI is InChI=1S/C13H20N2/c1-13(2)8-4-7-12(13)15-11-6-3-5-10(14)9-11/h3,5-6,9,12,15H,4,7-8,14H2,1-2H3. The van der Waals surface area contributed by atoms with Crippen molar-refractivity contribution in [2.24, 2.45) is 5.41 Å². The lowest BCUT2D eigenvalue weighted by Gasteiger charge is -2.28. The molecule has 1 unspecified atom stereocenters. The summed E-state index contributed by atoms with van der Waals surface area (Å²) in [6, 6.07) is 8.60. The van der Waals surface area contributed by atoms with Crippen molar-refractivity contribution in [3.05, 3.63) is 24.3 Å². The Morgan fingerprint density at radius 2 is 2.20 bits per heavy atom. The summed E-state index contributed by atoms with van der Waals surface area (Å²) in [5, 5.41) is 3.59. The highest BCUT2D eigenvalue weighted by molar-refractivity contribution is 5.54. The zero-order chi connectivity index (χ0) is 10.9. The molecule has 1 saturated carbocycles. The summed E-state index contributed by atoms with van der Waals surface area (Å²) in [7, 11) is 0. The minimum Gasteiger partial charge on any atom is -0.399 e. The molecule has 0 radical (unpaired) electrons. The van der Waals surface area contributed by atoms with Gasteiger partial charge in [0.15, 0.2) is 0 Å². The van der Waals surface area contributed by atoms with Crippen LogP contribution in [0.1, 0.15) is 33.1 Å². The average Bonchev–Trinajstić information content (AvgIpc) is 2.46. The Morgan fingerprint density at radius 3 is 2.80 bits per heavy atom. The topological polar surface area (TPSA) is 38.0 Å². The van der Waals surface area contributed by atoms with Crippen molar-refractivity contribution in [2.75, 3.05) is 11.1 Å². The molecule has 2 heteroatoms. The lowest BCUT2D eigenvalue weighted by Crippen LogP contribution is -2.30. The molecule has 0 heterocycles. The average molecular weight is 204 g/mol. The predicted octanol–water partition coefficient (Wildman–Crippen LogP) is 3.26. The van der Waals surface area contributed by atoms with E-state index in [0.717, 1.165) is 11.4 Å². The second-order valence-corrected chi connectivity index (χ2v) is 5.20. The highest BCUT2D eigenvalue weighted by atomic mass is 14.9. The van der Waals surface area contributed by atoms with Gasteiger partial charge in [0.25, 0.3) is 0 Å². The summed E-state index contributed by atoms with van der Waals surface area (Å²) in [5.74, 6) is 0. The lowest BCUT2D eigenvalue weighted by molar-refractivity contribution is 0.350. The van der Waals surface area contributed by atoms with E-state index >= 15 is 0 Å². The van der Waals surface area contributed by atoms with E-state index in [9.17, 15) is 0 Å². The summed E-state index contributed by atoms with van der Waals surface area (Å²) in [6.07, 6.45) is 3.90. The lowest BCUT2D eigenvalue weighted by atomic mass is 9.87. The van der Waals surface area contributed by atoms with Gasteiger partial charge in [0, 0.05) is 17.4 Å². The first-order valence-electron chi connectivity index (χ1n) is 5.70. The maximum absolute atomic E-state index is 5.76. The molecular weight excluding hydrogens is 184 g/mol. The van der Waals surface area contributed by atoms with Crippen LogP contribution in [0.4, 0.5) is 11.4 Å². The van der Waals surface area contributed by atoms with Gasteiger partial charge in [0.1, 0.15) is 0 Å². The first kappa shape index (κ1) is 10.3. The van der Waals surface area contributed by atoms with Crippen molar-refractivity contribution < 1.29 is 0 Å². The first-order valence-corrected chi connectivity index (χ1v) is 5.70. The number of nitrogens with one attached hydrogen (secondary N) is 1. The van der Waals surface area contributed by atoms with E-state index in [0.29, 0.717) is 11.5 Å². The van der Waals surface area contributed by atoms with E-state index < -0.39 is 0 Å². The molecule has 1 aliphatic carbocycles. The Balaban J connectivity index is 2.09. The molecule has 3 N–H and O–H groups in total. The highest BCUT2D eigenvalue weighted by Gasteiger charge is 2.34. The van der Waals surface area contributed by atoms with Gasteiger partial charge in [-0.1, -0.05) is 26.3 Å². The van der Waals surface area contributed by atoms with Crippen molar-refractivity contribution in [3.8, 4) is 0 Å². The molecule has 0 aliphatic heterocycles. The van der Waals surface area contributed by atoms with Gasteiger partial charge in [-0.3, -0.25) is 0 Å². The zero-order valence-electron chi connectivity index (χ0n) is 9.59. The summed E-state index contributed by atoms with van der Waals surface area (Å²) in [5.41, 5.74) is 8.15. The number of rotatable bonds is 2. The van der Waals surface area contributed by atoms with E-state index in [1.165, 1.54) is 19.3 Å². The first-order chi connectivity index (χ1) is 7.08. The molecule has 0 spiro atoms. The fourth-order valence-corrected chi connectivity index (χ4v) is 2.42. The largest absolute Gasteiger partial charge is 0.399 e. The molecule has 0 amide bonds. The molecule has 15 heavy (non-hydrogen) atoms. The van der Waals surface area contributed by atoms with Crippen LogP contribution in [0.3, 0.4) is 0 Å². The van der Waals surface area contributed by atoms with Crippen molar-refractivity contribution >= 4 is 11.4 Å². The van der Waals surface area contributed by atoms with Gasteiger partial charge in [-0.2, -0.15) is 0 Å². The van der Waals surface area contributed by atoms with Gasteiger partial charge < -0.3 is 11.1 Å². The molecular formula is C13H20N2. The van der Waals surface area contributed by atoms with Crippen LogP contribution in [0.5, 0.6) is 0 Å². The van der Waals surface area contributed by atoms with Crippen LogP contribution in [0.15, 0.2) is 24.3 Å². The van der Waals surface area contributed by atoms with Crippen LogP contribution in [0.2, 0.25) is 0 Å². The summed E-state index contributed by atoms with van der Waals surface area (Å²) in [6.45, 7) is 4.67. The monoisotopic (exact) mass is 204 g/mol. The third-order valence-corrected chi connectivity index (χ3v) is 3.48. The predicted molar refractivity (Wildman–Crippen MR) is 65.9 cm³/mol. The van der Waals surface area contributed by atoms with Gasteiger partial charge in [0.05, 0.1) is 0 Å². The fourth-order valence-electron chi connectivity index (χ4n) is 2.42. The molecule has 1 fully saturated rings. The van der Waals surface area contributed by atoms with Gasteiger partial charge in [-0.15, -0.1) is 0 Å². The quantitative estimate of drug-likeness (QED) is 0.726. The summed E-state index contributed by atoms with van der Waals surface area (Å²) in [4.78, 5) is 0. The Bertz CT molecular complexity index is 344. The molecule has 1 atom stereocenters. The Hall–Kier alpha value is -1.18. The van der Waals surface area contributed by atoms with Gasteiger partial charge >= 0.3 is 0 Å². The third kappa shape index (κ3) is 2.25. The molecule has 1 aromatic carbocycles. The number of nitrogen functional groups attached to an aromatic ring is 1. The zero-order valence-corrected chi connectivity index (χ0v) is 9.59. The highest BCUT2D eigenvalue weighted by Crippen LogP contribution is 2.39.